The maximum absolute atomic E-state index is 11.3. The fourth-order valence-corrected chi connectivity index (χ4v) is 4.03. The van der Waals surface area contributed by atoms with Gasteiger partial charge in [-0.3, -0.25) is 0 Å². The first kappa shape index (κ1) is 15.3. The quantitative estimate of drug-likeness (QED) is 0.722. The summed E-state index contributed by atoms with van der Waals surface area (Å²) in [7, 11) is 0. The van der Waals surface area contributed by atoms with Gasteiger partial charge >= 0.3 is 5.97 Å². The van der Waals surface area contributed by atoms with E-state index in [0.29, 0.717) is 21.6 Å². The van der Waals surface area contributed by atoms with Gasteiger partial charge in [-0.25, -0.2) is 4.79 Å². The maximum Gasteiger partial charge on any atom is 0.337 e. The third-order valence-electron chi connectivity index (χ3n) is 3.48. The predicted molar refractivity (Wildman–Crippen MR) is 86.0 cm³/mol. The zero-order valence-corrected chi connectivity index (χ0v) is 12.9. The molecule has 0 amide bonds. The van der Waals surface area contributed by atoms with Crippen molar-refractivity contribution in [3.8, 4) is 0 Å². The van der Waals surface area contributed by atoms with Gasteiger partial charge in [0.2, 0.25) is 0 Å². The van der Waals surface area contributed by atoms with E-state index in [9.17, 15) is 9.90 Å². The molecule has 0 aromatic heterocycles. The summed E-state index contributed by atoms with van der Waals surface area (Å²) >= 11 is 8.10. The van der Waals surface area contributed by atoms with Crippen LogP contribution in [0.1, 0.15) is 36.5 Å². The molecule has 0 saturated heterocycles. The van der Waals surface area contributed by atoms with Gasteiger partial charge < -0.3 is 16.2 Å². The number of nitrogens with one attached hydrogen (secondary N) is 1. The highest BCUT2D eigenvalue weighted by Crippen LogP contribution is 2.35. The van der Waals surface area contributed by atoms with Crippen molar-refractivity contribution in [1.82, 2.24) is 0 Å². The Labute approximate surface area is 128 Å². The summed E-state index contributed by atoms with van der Waals surface area (Å²) in [4.78, 5) is 11.3. The number of carbonyl (C=O) groups is 1. The second-order valence-corrected chi connectivity index (χ2v) is 6.95. The van der Waals surface area contributed by atoms with E-state index in [-0.39, 0.29) is 11.6 Å². The van der Waals surface area contributed by atoms with E-state index in [4.69, 9.17) is 17.3 Å². The van der Waals surface area contributed by atoms with Gasteiger partial charge in [0.15, 0.2) is 0 Å². The van der Waals surface area contributed by atoms with E-state index < -0.39 is 5.97 Å². The first-order chi connectivity index (χ1) is 9.51. The average molecular weight is 315 g/mol. The SMILES string of the molecule is CCSC1CCC(Nc2c(Cl)cc(N)cc2C(=O)O)C1. The largest absolute Gasteiger partial charge is 0.478 e. The number of aromatic carboxylic acids is 1. The molecule has 0 aliphatic heterocycles. The Hall–Kier alpha value is -1.07. The standard InChI is InChI=1S/C14H19ClN2O2S/c1-2-20-10-4-3-9(7-10)17-13-11(14(18)19)5-8(16)6-12(13)15/h5-6,9-10,17H,2-4,7,16H2,1H3,(H,18,19). The van der Waals surface area contributed by atoms with Gasteiger partial charge in [0.05, 0.1) is 16.3 Å². The van der Waals surface area contributed by atoms with Crippen molar-refractivity contribution in [1.29, 1.82) is 0 Å². The summed E-state index contributed by atoms with van der Waals surface area (Å²) in [5.74, 6) is 0.0968. The van der Waals surface area contributed by atoms with Gasteiger partial charge in [0.1, 0.15) is 0 Å². The van der Waals surface area contributed by atoms with Crippen molar-refractivity contribution >= 4 is 40.7 Å². The van der Waals surface area contributed by atoms with Gasteiger partial charge in [-0.1, -0.05) is 18.5 Å². The zero-order valence-electron chi connectivity index (χ0n) is 11.4. The second-order valence-electron chi connectivity index (χ2n) is 4.96. The Morgan fingerprint density at radius 2 is 2.30 bits per heavy atom. The molecule has 0 bridgehead atoms. The summed E-state index contributed by atoms with van der Waals surface area (Å²) in [6.45, 7) is 2.16. The summed E-state index contributed by atoms with van der Waals surface area (Å²) in [6, 6.07) is 3.31. The normalized spacial score (nSPS) is 21.9. The molecule has 2 rings (SSSR count). The van der Waals surface area contributed by atoms with Gasteiger partial charge in [0.25, 0.3) is 0 Å². The molecule has 1 saturated carbocycles. The molecule has 2 atom stereocenters. The third-order valence-corrected chi connectivity index (χ3v) is 5.01. The summed E-state index contributed by atoms with van der Waals surface area (Å²) in [5, 5.41) is 13.6. The molecular weight excluding hydrogens is 296 g/mol. The van der Waals surface area contributed by atoms with Crippen LogP contribution in [-0.2, 0) is 0 Å². The molecule has 0 spiro atoms. The fourth-order valence-electron chi connectivity index (χ4n) is 2.61. The first-order valence-corrected chi connectivity index (χ1v) is 8.14. The molecule has 4 nitrogen and oxygen atoms in total. The van der Waals surface area contributed by atoms with Crippen LogP contribution < -0.4 is 11.1 Å². The molecule has 0 radical (unpaired) electrons. The number of halogens is 1. The van der Waals surface area contributed by atoms with Gasteiger partial charge in [-0.15, -0.1) is 0 Å². The minimum atomic E-state index is -1.01. The van der Waals surface area contributed by atoms with Crippen molar-refractivity contribution in [3.63, 3.8) is 0 Å². The van der Waals surface area contributed by atoms with Crippen LogP contribution >= 0.6 is 23.4 Å². The lowest BCUT2D eigenvalue weighted by Gasteiger charge is -2.18. The van der Waals surface area contributed by atoms with Gasteiger partial charge in [0, 0.05) is 17.0 Å². The van der Waals surface area contributed by atoms with E-state index in [2.05, 4.69) is 12.2 Å². The topological polar surface area (TPSA) is 75.3 Å². The number of hydrogen-bond acceptors (Lipinski definition) is 4. The Morgan fingerprint density at radius 1 is 1.55 bits per heavy atom. The third kappa shape index (κ3) is 3.52. The average Bonchev–Trinajstić information content (AvgIpc) is 2.80. The molecule has 1 fully saturated rings. The highest BCUT2D eigenvalue weighted by molar-refractivity contribution is 7.99. The molecule has 4 N–H and O–H groups in total. The van der Waals surface area contributed by atoms with E-state index in [1.807, 2.05) is 11.8 Å². The molecule has 1 aromatic rings. The number of anilines is 2. The predicted octanol–water partition coefficient (Wildman–Crippen LogP) is 3.71. The van der Waals surface area contributed by atoms with E-state index >= 15 is 0 Å². The molecule has 1 aliphatic rings. The molecule has 0 heterocycles. The van der Waals surface area contributed by atoms with Crippen LogP contribution in [0.3, 0.4) is 0 Å². The lowest BCUT2D eigenvalue weighted by Crippen LogP contribution is -2.19. The Kier molecular flexibility index (Phi) is 5.05. The van der Waals surface area contributed by atoms with Crippen molar-refractivity contribution in [2.45, 2.75) is 37.5 Å². The summed E-state index contributed by atoms with van der Waals surface area (Å²) in [5.41, 5.74) is 6.65. The number of rotatable bonds is 5. The Morgan fingerprint density at radius 3 is 2.95 bits per heavy atom. The van der Waals surface area contributed by atoms with Crippen LogP contribution in [-0.4, -0.2) is 28.1 Å². The van der Waals surface area contributed by atoms with E-state index in [1.54, 1.807) is 6.07 Å². The van der Waals surface area contributed by atoms with Crippen LogP contribution in [0.15, 0.2) is 12.1 Å². The molecule has 110 valence electrons. The van der Waals surface area contributed by atoms with Gasteiger partial charge in [-0.05, 0) is 37.1 Å². The first-order valence-electron chi connectivity index (χ1n) is 6.71. The smallest absolute Gasteiger partial charge is 0.337 e. The zero-order chi connectivity index (χ0) is 14.7. The number of nitrogen functional groups attached to an aromatic ring is 1. The monoisotopic (exact) mass is 314 g/mol. The Bertz CT molecular complexity index is 510. The summed E-state index contributed by atoms with van der Waals surface area (Å²) in [6.07, 6.45) is 3.24. The molecule has 1 aromatic carbocycles. The number of hydrogen-bond donors (Lipinski definition) is 3. The lowest BCUT2D eigenvalue weighted by molar-refractivity contribution is 0.0698. The second kappa shape index (κ2) is 6.59. The number of carboxylic acid groups (broad SMARTS) is 1. The minimum absolute atomic E-state index is 0.140. The molecular formula is C14H19ClN2O2S. The number of benzene rings is 1. The van der Waals surface area contributed by atoms with Crippen LogP contribution in [0, 0.1) is 0 Å². The minimum Gasteiger partial charge on any atom is -0.478 e. The van der Waals surface area contributed by atoms with E-state index in [0.717, 1.165) is 25.0 Å². The number of nitrogens with two attached hydrogens (primary N) is 1. The van der Waals surface area contributed by atoms with Crippen LogP contribution in [0.4, 0.5) is 11.4 Å². The number of carboxylic acids is 1. The lowest BCUT2D eigenvalue weighted by atomic mass is 10.1. The Balaban J connectivity index is 2.15. The molecule has 6 heteroatoms. The van der Waals surface area contributed by atoms with Crippen molar-refractivity contribution in [2.75, 3.05) is 16.8 Å². The van der Waals surface area contributed by atoms with Crippen molar-refractivity contribution in [2.24, 2.45) is 0 Å². The summed E-state index contributed by atoms with van der Waals surface area (Å²) < 4.78 is 0. The van der Waals surface area contributed by atoms with Crippen LogP contribution in [0.5, 0.6) is 0 Å². The molecule has 20 heavy (non-hydrogen) atoms. The molecule has 1 aliphatic carbocycles. The maximum atomic E-state index is 11.3. The highest BCUT2D eigenvalue weighted by Gasteiger charge is 2.26. The van der Waals surface area contributed by atoms with E-state index in [1.165, 1.54) is 6.07 Å². The number of thioether (sulfide) groups is 1. The van der Waals surface area contributed by atoms with Crippen LogP contribution in [0.25, 0.3) is 0 Å². The van der Waals surface area contributed by atoms with Crippen molar-refractivity contribution in [3.05, 3.63) is 22.7 Å². The van der Waals surface area contributed by atoms with Crippen molar-refractivity contribution < 1.29 is 9.90 Å². The molecule has 2 unspecified atom stereocenters. The highest BCUT2D eigenvalue weighted by atomic mass is 35.5. The van der Waals surface area contributed by atoms with Crippen LogP contribution in [0.2, 0.25) is 5.02 Å². The van der Waals surface area contributed by atoms with Gasteiger partial charge in [-0.2, -0.15) is 11.8 Å². The fraction of sp³-hybridized carbons (Fsp3) is 0.500.